The fraction of sp³-hybridized carbons (Fsp3) is 1.00. The molecule has 2 saturated heterocycles. The molecule has 1 N–H and O–H groups in total. The van der Waals surface area contributed by atoms with Crippen LogP contribution in [0.15, 0.2) is 0 Å². The van der Waals surface area contributed by atoms with Crippen molar-refractivity contribution in [1.29, 1.82) is 0 Å². The molecule has 0 amide bonds. The summed E-state index contributed by atoms with van der Waals surface area (Å²) >= 11 is 0. The number of hydrogen-bond donors (Lipinski definition) is 1. The molecular weight excluding hydrogens is 184 g/mol. The number of nitrogens with one attached hydrogen (secondary N) is 1. The maximum absolute atomic E-state index is 3.60. The van der Waals surface area contributed by atoms with Crippen LogP contribution in [0.5, 0.6) is 0 Å². The summed E-state index contributed by atoms with van der Waals surface area (Å²) in [5, 5.41) is 3.60. The molecule has 2 fully saturated rings. The van der Waals surface area contributed by atoms with Gasteiger partial charge in [0.25, 0.3) is 0 Å². The zero-order valence-corrected chi connectivity index (χ0v) is 10.3. The van der Waals surface area contributed by atoms with Gasteiger partial charge in [-0.05, 0) is 58.0 Å². The topological polar surface area (TPSA) is 15.3 Å². The lowest BCUT2D eigenvalue weighted by Gasteiger charge is -2.37. The van der Waals surface area contributed by atoms with Gasteiger partial charge in [0.2, 0.25) is 0 Å². The summed E-state index contributed by atoms with van der Waals surface area (Å²) < 4.78 is 0. The van der Waals surface area contributed by atoms with Crippen LogP contribution in [0.25, 0.3) is 0 Å². The second-order valence-corrected chi connectivity index (χ2v) is 5.61. The van der Waals surface area contributed by atoms with Crippen molar-refractivity contribution >= 4 is 0 Å². The van der Waals surface area contributed by atoms with Crippen LogP contribution < -0.4 is 5.32 Å². The molecule has 0 bridgehead atoms. The van der Waals surface area contributed by atoms with Crippen LogP contribution in [0.2, 0.25) is 0 Å². The fourth-order valence-electron chi connectivity index (χ4n) is 3.02. The van der Waals surface area contributed by atoms with Gasteiger partial charge in [-0.25, -0.2) is 0 Å². The molecule has 2 rings (SSSR count). The third kappa shape index (κ3) is 3.18. The molecule has 0 saturated carbocycles. The first-order valence-electron chi connectivity index (χ1n) is 6.73. The van der Waals surface area contributed by atoms with Gasteiger partial charge in [-0.15, -0.1) is 0 Å². The van der Waals surface area contributed by atoms with Crippen LogP contribution in [0, 0.1) is 5.92 Å². The van der Waals surface area contributed by atoms with Gasteiger partial charge in [0.1, 0.15) is 0 Å². The Morgan fingerprint density at radius 3 is 2.80 bits per heavy atom. The number of piperidine rings is 1. The molecule has 3 unspecified atom stereocenters. The van der Waals surface area contributed by atoms with Crippen molar-refractivity contribution in [2.24, 2.45) is 5.92 Å². The van der Waals surface area contributed by atoms with Crippen molar-refractivity contribution in [2.45, 2.75) is 58.0 Å². The first-order chi connectivity index (χ1) is 7.25. The van der Waals surface area contributed by atoms with Crippen LogP contribution in [0.4, 0.5) is 0 Å². The predicted molar refractivity (Wildman–Crippen MR) is 65.1 cm³/mol. The van der Waals surface area contributed by atoms with Gasteiger partial charge in [-0.2, -0.15) is 0 Å². The standard InChI is InChI=1S/C13H26N2/c1-11-5-6-12(2)15(10-11)9-7-13-4-3-8-14-13/h11-14H,3-10H2,1-2H3. The smallest absolute Gasteiger partial charge is 0.00797 e. The molecule has 2 aliphatic rings. The average Bonchev–Trinajstić information content (AvgIpc) is 2.72. The Kier molecular flexibility index (Phi) is 4.04. The lowest BCUT2D eigenvalue weighted by molar-refractivity contribution is 0.120. The van der Waals surface area contributed by atoms with Crippen LogP contribution in [0.3, 0.4) is 0 Å². The number of likely N-dealkylation sites (tertiary alicyclic amines) is 1. The van der Waals surface area contributed by atoms with E-state index in [1.165, 1.54) is 51.7 Å². The van der Waals surface area contributed by atoms with Gasteiger partial charge >= 0.3 is 0 Å². The molecule has 0 aromatic carbocycles. The maximum atomic E-state index is 3.60. The highest BCUT2D eigenvalue weighted by atomic mass is 15.2. The van der Waals surface area contributed by atoms with Gasteiger partial charge in [0, 0.05) is 18.6 Å². The first-order valence-corrected chi connectivity index (χ1v) is 6.73. The molecule has 2 heterocycles. The maximum Gasteiger partial charge on any atom is 0.00797 e. The summed E-state index contributed by atoms with van der Waals surface area (Å²) in [6.07, 6.45) is 6.98. The molecule has 3 atom stereocenters. The molecule has 0 radical (unpaired) electrons. The lowest BCUT2D eigenvalue weighted by Crippen LogP contribution is -2.42. The number of nitrogens with zero attached hydrogens (tertiary/aromatic N) is 1. The Labute approximate surface area is 94.4 Å². The molecule has 15 heavy (non-hydrogen) atoms. The highest BCUT2D eigenvalue weighted by Gasteiger charge is 2.23. The summed E-state index contributed by atoms with van der Waals surface area (Å²) in [6.45, 7) is 8.67. The van der Waals surface area contributed by atoms with Gasteiger partial charge in [0.05, 0.1) is 0 Å². The molecular formula is C13H26N2. The van der Waals surface area contributed by atoms with E-state index in [1.54, 1.807) is 0 Å². The van der Waals surface area contributed by atoms with Crippen LogP contribution in [0.1, 0.15) is 46.0 Å². The molecule has 0 aromatic heterocycles. The molecule has 2 aliphatic heterocycles. The Morgan fingerprint density at radius 1 is 1.20 bits per heavy atom. The van der Waals surface area contributed by atoms with Gasteiger partial charge in [-0.1, -0.05) is 6.92 Å². The molecule has 0 aliphatic carbocycles. The van der Waals surface area contributed by atoms with Crippen LogP contribution >= 0.6 is 0 Å². The van der Waals surface area contributed by atoms with E-state index in [4.69, 9.17) is 0 Å². The summed E-state index contributed by atoms with van der Waals surface area (Å²) in [6, 6.07) is 1.64. The third-order valence-electron chi connectivity index (χ3n) is 4.17. The molecule has 0 aromatic rings. The minimum absolute atomic E-state index is 0.814. The lowest BCUT2D eigenvalue weighted by atomic mass is 9.94. The Bertz CT molecular complexity index is 187. The van der Waals surface area contributed by atoms with E-state index in [-0.39, 0.29) is 0 Å². The summed E-state index contributed by atoms with van der Waals surface area (Å²) in [4.78, 5) is 2.70. The fourth-order valence-corrected chi connectivity index (χ4v) is 3.02. The van der Waals surface area contributed by atoms with Crippen LogP contribution in [-0.2, 0) is 0 Å². The SMILES string of the molecule is CC1CCC(C)N(CCC2CCCN2)C1. The normalized spacial score (nSPS) is 38.4. The highest BCUT2D eigenvalue weighted by molar-refractivity contribution is 4.80. The predicted octanol–water partition coefficient (Wildman–Crippen LogP) is 2.25. The largest absolute Gasteiger partial charge is 0.314 e. The Morgan fingerprint density at radius 2 is 2.07 bits per heavy atom. The summed E-state index contributed by atoms with van der Waals surface area (Å²) in [7, 11) is 0. The first kappa shape index (κ1) is 11.4. The highest BCUT2D eigenvalue weighted by Crippen LogP contribution is 2.22. The summed E-state index contributed by atoms with van der Waals surface area (Å²) in [5.41, 5.74) is 0. The van der Waals surface area contributed by atoms with Crippen LogP contribution in [-0.4, -0.2) is 36.6 Å². The van der Waals surface area contributed by atoms with Gasteiger partial charge < -0.3 is 10.2 Å². The van der Waals surface area contributed by atoms with Crippen molar-refractivity contribution in [2.75, 3.05) is 19.6 Å². The second kappa shape index (κ2) is 5.31. The third-order valence-corrected chi connectivity index (χ3v) is 4.17. The molecule has 88 valence electrons. The zero-order valence-electron chi connectivity index (χ0n) is 10.3. The Hall–Kier alpha value is -0.0800. The van der Waals surface area contributed by atoms with E-state index >= 15 is 0 Å². The van der Waals surface area contributed by atoms with Crippen molar-refractivity contribution in [3.63, 3.8) is 0 Å². The number of rotatable bonds is 3. The minimum Gasteiger partial charge on any atom is -0.314 e. The minimum atomic E-state index is 0.814. The van der Waals surface area contributed by atoms with E-state index in [0.29, 0.717) is 0 Å². The quantitative estimate of drug-likeness (QED) is 0.768. The molecule has 2 heteroatoms. The van der Waals surface area contributed by atoms with Gasteiger partial charge in [-0.3, -0.25) is 0 Å². The second-order valence-electron chi connectivity index (χ2n) is 5.61. The van der Waals surface area contributed by atoms with Crippen molar-refractivity contribution in [3.05, 3.63) is 0 Å². The molecule has 2 nitrogen and oxygen atoms in total. The van der Waals surface area contributed by atoms with E-state index in [2.05, 4.69) is 24.1 Å². The van der Waals surface area contributed by atoms with E-state index in [0.717, 1.165) is 18.0 Å². The van der Waals surface area contributed by atoms with E-state index in [9.17, 15) is 0 Å². The van der Waals surface area contributed by atoms with Crippen molar-refractivity contribution in [1.82, 2.24) is 10.2 Å². The average molecular weight is 210 g/mol. The van der Waals surface area contributed by atoms with E-state index < -0.39 is 0 Å². The van der Waals surface area contributed by atoms with Crippen molar-refractivity contribution < 1.29 is 0 Å². The van der Waals surface area contributed by atoms with Crippen molar-refractivity contribution in [3.8, 4) is 0 Å². The number of hydrogen-bond acceptors (Lipinski definition) is 2. The van der Waals surface area contributed by atoms with Gasteiger partial charge in [0.15, 0.2) is 0 Å². The molecule has 0 spiro atoms. The zero-order chi connectivity index (χ0) is 10.7. The van der Waals surface area contributed by atoms with E-state index in [1.807, 2.05) is 0 Å². The summed E-state index contributed by atoms with van der Waals surface area (Å²) in [5.74, 6) is 0.915. The monoisotopic (exact) mass is 210 g/mol. The Balaban J connectivity index is 1.72.